The molecule has 22 heavy (non-hydrogen) atoms. The minimum atomic E-state index is -3.96. The quantitative estimate of drug-likeness (QED) is 0.511. The number of nitrogens with zero attached hydrogens (tertiary/aromatic N) is 1. The highest BCUT2D eigenvalue weighted by atomic mass is 32.2. The number of phenolic OH excluding ortho intramolecular Hbond substituents is 1. The van der Waals surface area contributed by atoms with Crippen molar-refractivity contribution in [3.05, 3.63) is 57.6 Å². The van der Waals surface area contributed by atoms with Crippen LogP contribution in [0.1, 0.15) is 11.1 Å². The fourth-order valence-electron chi connectivity index (χ4n) is 1.88. The van der Waals surface area contributed by atoms with Crippen LogP contribution in [0.4, 0.5) is 11.4 Å². The molecule has 116 valence electrons. The number of hydrogen-bond acceptors (Lipinski definition) is 5. The van der Waals surface area contributed by atoms with Crippen LogP contribution >= 0.6 is 0 Å². The van der Waals surface area contributed by atoms with Crippen molar-refractivity contribution < 1.29 is 18.4 Å². The van der Waals surface area contributed by atoms with Crippen molar-refractivity contribution >= 4 is 21.4 Å². The Balaban J connectivity index is 2.42. The monoisotopic (exact) mass is 322 g/mol. The van der Waals surface area contributed by atoms with Crippen molar-refractivity contribution in [3.8, 4) is 5.75 Å². The Bertz CT molecular complexity index is 846. The Kier molecular flexibility index (Phi) is 4.05. The van der Waals surface area contributed by atoms with Gasteiger partial charge in [0.05, 0.1) is 15.5 Å². The molecule has 0 saturated heterocycles. The van der Waals surface area contributed by atoms with E-state index in [9.17, 15) is 23.6 Å². The predicted octanol–water partition coefficient (Wildman–Crippen LogP) is 2.72. The molecule has 0 saturated carbocycles. The Morgan fingerprint density at radius 3 is 2.45 bits per heavy atom. The van der Waals surface area contributed by atoms with Crippen LogP contribution in [0.25, 0.3) is 0 Å². The number of aromatic hydroxyl groups is 1. The van der Waals surface area contributed by atoms with Gasteiger partial charge in [0.2, 0.25) is 0 Å². The summed E-state index contributed by atoms with van der Waals surface area (Å²) in [6.45, 7) is 3.28. The summed E-state index contributed by atoms with van der Waals surface area (Å²) in [6, 6.07) is 7.74. The minimum absolute atomic E-state index is 0.0656. The van der Waals surface area contributed by atoms with Gasteiger partial charge in [0.1, 0.15) is 5.75 Å². The highest BCUT2D eigenvalue weighted by Gasteiger charge is 2.19. The molecule has 0 aliphatic heterocycles. The molecule has 7 nitrogen and oxygen atoms in total. The van der Waals surface area contributed by atoms with Gasteiger partial charge < -0.3 is 5.11 Å². The summed E-state index contributed by atoms with van der Waals surface area (Å²) in [5, 5.41) is 20.3. The SMILES string of the molecule is Cc1cc(NS(=O)(=O)c2cccc([N+](=O)[O-])c2)c(C)cc1O. The van der Waals surface area contributed by atoms with Crippen LogP contribution in [0.5, 0.6) is 5.75 Å². The molecular weight excluding hydrogens is 308 g/mol. The number of phenols is 1. The zero-order valence-electron chi connectivity index (χ0n) is 11.9. The fourth-order valence-corrected chi connectivity index (χ4v) is 3.04. The summed E-state index contributed by atoms with van der Waals surface area (Å²) in [5.41, 5.74) is 1.06. The summed E-state index contributed by atoms with van der Waals surface area (Å²) < 4.78 is 27.0. The van der Waals surface area contributed by atoms with Gasteiger partial charge in [0, 0.05) is 12.1 Å². The van der Waals surface area contributed by atoms with Crippen LogP contribution in [0.15, 0.2) is 41.3 Å². The smallest absolute Gasteiger partial charge is 0.270 e. The van der Waals surface area contributed by atoms with Crippen LogP contribution in [0.3, 0.4) is 0 Å². The molecule has 0 radical (unpaired) electrons. The first-order valence-electron chi connectivity index (χ1n) is 6.28. The summed E-state index contributed by atoms with van der Waals surface area (Å²) >= 11 is 0. The Morgan fingerprint density at radius 1 is 1.14 bits per heavy atom. The zero-order chi connectivity index (χ0) is 16.5. The van der Waals surface area contributed by atoms with E-state index in [-0.39, 0.29) is 16.3 Å². The minimum Gasteiger partial charge on any atom is -0.508 e. The highest BCUT2D eigenvalue weighted by molar-refractivity contribution is 7.92. The second-order valence-electron chi connectivity index (χ2n) is 4.81. The first kappa shape index (κ1) is 15.8. The predicted molar refractivity (Wildman–Crippen MR) is 81.5 cm³/mol. The van der Waals surface area contributed by atoms with Crippen molar-refractivity contribution in [2.45, 2.75) is 18.7 Å². The number of non-ortho nitro benzene ring substituents is 1. The van der Waals surface area contributed by atoms with Crippen LogP contribution in [-0.2, 0) is 10.0 Å². The number of nitro benzene ring substituents is 1. The van der Waals surface area contributed by atoms with Gasteiger partial charge in [-0.3, -0.25) is 14.8 Å². The fraction of sp³-hybridized carbons (Fsp3) is 0.143. The number of nitro groups is 1. The van der Waals surface area contributed by atoms with Crippen molar-refractivity contribution in [1.82, 2.24) is 0 Å². The van der Waals surface area contributed by atoms with Crippen molar-refractivity contribution in [1.29, 1.82) is 0 Å². The number of aryl methyl sites for hydroxylation is 2. The van der Waals surface area contributed by atoms with Gasteiger partial charge in [-0.2, -0.15) is 0 Å². The first-order chi connectivity index (χ1) is 10.2. The standard InChI is InChI=1S/C14H14N2O5S/c1-9-7-14(17)10(2)6-13(9)15-22(20,21)12-5-3-4-11(8-12)16(18)19/h3-8,15,17H,1-2H3. The van der Waals surface area contributed by atoms with E-state index in [2.05, 4.69) is 4.72 Å². The van der Waals surface area contributed by atoms with Crippen LogP contribution in [-0.4, -0.2) is 18.4 Å². The van der Waals surface area contributed by atoms with Crippen LogP contribution < -0.4 is 4.72 Å². The second kappa shape index (κ2) is 5.64. The Hall–Kier alpha value is -2.61. The maximum Gasteiger partial charge on any atom is 0.270 e. The first-order valence-corrected chi connectivity index (χ1v) is 7.76. The lowest BCUT2D eigenvalue weighted by Gasteiger charge is -2.12. The third-order valence-corrected chi connectivity index (χ3v) is 4.49. The third-order valence-electron chi connectivity index (χ3n) is 3.13. The van der Waals surface area contributed by atoms with Gasteiger partial charge >= 0.3 is 0 Å². The van der Waals surface area contributed by atoms with E-state index in [4.69, 9.17) is 0 Å². The Labute approximate surface area is 127 Å². The topological polar surface area (TPSA) is 110 Å². The number of hydrogen-bond donors (Lipinski definition) is 2. The molecule has 8 heteroatoms. The number of benzene rings is 2. The van der Waals surface area contributed by atoms with Crippen LogP contribution in [0, 0.1) is 24.0 Å². The number of rotatable bonds is 4. The molecule has 2 aromatic carbocycles. The van der Waals surface area contributed by atoms with Gasteiger partial charge in [-0.1, -0.05) is 6.07 Å². The molecule has 0 aromatic heterocycles. The molecule has 0 fully saturated rings. The molecule has 0 aliphatic carbocycles. The summed E-state index contributed by atoms with van der Waals surface area (Å²) in [7, 11) is -3.96. The van der Waals surface area contributed by atoms with E-state index in [1.807, 2.05) is 0 Å². The second-order valence-corrected chi connectivity index (χ2v) is 6.50. The molecule has 0 bridgehead atoms. The normalized spacial score (nSPS) is 11.2. The summed E-state index contributed by atoms with van der Waals surface area (Å²) in [6.07, 6.45) is 0. The van der Waals surface area contributed by atoms with Gasteiger partial charge in [-0.05, 0) is 43.2 Å². The molecule has 0 spiro atoms. The summed E-state index contributed by atoms with van der Waals surface area (Å²) in [5.74, 6) is 0.0656. The number of sulfonamides is 1. The van der Waals surface area contributed by atoms with Gasteiger partial charge in [-0.25, -0.2) is 8.42 Å². The zero-order valence-corrected chi connectivity index (χ0v) is 12.7. The third kappa shape index (κ3) is 3.17. The van der Waals surface area contributed by atoms with E-state index < -0.39 is 14.9 Å². The average Bonchev–Trinajstić information content (AvgIpc) is 2.44. The van der Waals surface area contributed by atoms with E-state index >= 15 is 0 Å². The van der Waals surface area contributed by atoms with Crippen molar-refractivity contribution in [3.63, 3.8) is 0 Å². The maximum atomic E-state index is 12.3. The Morgan fingerprint density at radius 2 is 1.82 bits per heavy atom. The average molecular weight is 322 g/mol. The lowest BCUT2D eigenvalue weighted by atomic mass is 10.1. The molecule has 0 atom stereocenters. The van der Waals surface area contributed by atoms with E-state index in [0.29, 0.717) is 16.8 Å². The molecule has 2 rings (SSSR count). The molecular formula is C14H14N2O5S. The van der Waals surface area contributed by atoms with E-state index in [1.54, 1.807) is 13.8 Å². The van der Waals surface area contributed by atoms with E-state index in [1.165, 1.54) is 30.3 Å². The molecule has 2 aromatic rings. The van der Waals surface area contributed by atoms with Gasteiger partial charge in [0.15, 0.2) is 0 Å². The summed E-state index contributed by atoms with van der Waals surface area (Å²) in [4.78, 5) is 9.88. The van der Waals surface area contributed by atoms with Gasteiger partial charge in [0.25, 0.3) is 15.7 Å². The number of anilines is 1. The van der Waals surface area contributed by atoms with Crippen LogP contribution in [0.2, 0.25) is 0 Å². The van der Waals surface area contributed by atoms with Crippen molar-refractivity contribution in [2.75, 3.05) is 4.72 Å². The molecule has 0 heterocycles. The largest absolute Gasteiger partial charge is 0.508 e. The molecule has 0 aliphatic rings. The lowest BCUT2D eigenvalue weighted by molar-refractivity contribution is -0.385. The van der Waals surface area contributed by atoms with Crippen molar-refractivity contribution in [2.24, 2.45) is 0 Å². The molecule has 0 amide bonds. The van der Waals surface area contributed by atoms with Gasteiger partial charge in [-0.15, -0.1) is 0 Å². The highest BCUT2D eigenvalue weighted by Crippen LogP contribution is 2.27. The van der Waals surface area contributed by atoms with E-state index in [0.717, 1.165) is 6.07 Å². The maximum absolute atomic E-state index is 12.3. The molecule has 0 unspecified atom stereocenters. The lowest BCUT2D eigenvalue weighted by Crippen LogP contribution is -2.14. The molecule has 2 N–H and O–H groups in total. The number of nitrogens with one attached hydrogen (secondary N) is 1.